The van der Waals surface area contributed by atoms with Gasteiger partial charge in [0.25, 0.3) is 0 Å². The van der Waals surface area contributed by atoms with Gasteiger partial charge in [-0.15, -0.1) is 0 Å². The Labute approximate surface area is 77.8 Å². The molecule has 70 valence electrons. The predicted octanol–water partition coefficient (Wildman–Crippen LogP) is 2.04. The van der Waals surface area contributed by atoms with Crippen molar-refractivity contribution in [1.29, 1.82) is 0 Å². The Hall–Kier alpha value is -1.38. The van der Waals surface area contributed by atoms with Crippen LogP contribution >= 0.6 is 0 Å². The minimum atomic E-state index is -0.303. The van der Waals surface area contributed by atoms with E-state index in [4.69, 9.17) is 4.74 Å². The molecule has 13 heavy (non-hydrogen) atoms. The number of aromatic nitrogens is 1. The number of carbonyl (C=O) groups is 1. The SMILES string of the molecule is CCC(C)OC(=O)c1cccnc1. The van der Waals surface area contributed by atoms with Crippen LogP contribution in [0.4, 0.5) is 0 Å². The van der Waals surface area contributed by atoms with Gasteiger partial charge in [0.2, 0.25) is 0 Å². The molecule has 0 saturated carbocycles. The zero-order chi connectivity index (χ0) is 9.68. The van der Waals surface area contributed by atoms with Crippen LogP contribution in [0.2, 0.25) is 0 Å². The number of hydrogen-bond acceptors (Lipinski definition) is 3. The first-order valence-electron chi connectivity index (χ1n) is 4.35. The number of pyridine rings is 1. The van der Waals surface area contributed by atoms with Gasteiger partial charge in [-0.3, -0.25) is 4.98 Å². The Morgan fingerprint density at radius 2 is 2.46 bits per heavy atom. The first-order chi connectivity index (χ1) is 6.24. The zero-order valence-corrected chi connectivity index (χ0v) is 7.86. The highest BCUT2D eigenvalue weighted by atomic mass is 16.5. The van der Waals surface area contributed by atoms with E-state index >= 15 is 0 Å². The van der Waals surface area contributed by atoms with Crippen LogP contribution in [-0.2, 0) is 4.74 Å². The van der Waals surface area contributed by atoms with Gasteiger partial charge in [0.05, 0.1) is 11.7 Å². The molecule has 0 aliphatic heterocycles. The van der Waals surface area contributed by atoms with Crippen molar-refractivity contribution in [2.24, 2.45) is 0 Å². The van der Waals surface area contributed by atoms with Crippen LogP contribution in [0.25, 0.3) is 0 Å². The molecule has 0 N–H and O–H groups in total. The summed E-state index contributed by atoms with van der Waals surface area (Å²) in [6.45, 7) is 3.84. The van der Waals surface area contributed by atoms with Gasteiger partial charge in [-0.1, -0.05) is 6.92 Å². The number of nitrogens with zero attached hydrogens (tertiary/aromatic N) is 1. The molecule has 3 heteroatoms. The Morgan fingerprint density at radius 3 is 3.00 bits per heavy atom. The van der Waals surface area contributed by atoms with Gasteiger partial charge in [0.1, 0.15) is 0 Å². The molecule has 1 aromatic rings. The minimum Gasteiger partial charge on any atom is -0.459 e. The number of esters is 1. The van der Waals surface area contributed by atoms with E-state index in [9.17, 15) is 4.79 Å². The van der Waals surface area contributed by atoms with E-state index in [-0.39, 0.29) is 12.1 Å². The highest BCUT2D eigenvalue weighted by molar-refractivity contribution is 5.88. The van der Waals surface area contributed by atoms with Crippen molar-refractivity contribution < 1.29 is 9.53 Å². The maximum absolute atomic E-state index is 11.4. The molecule has 0 aromatic carbocycles. The van der Waals surface area contributed by atoms with Crippen LogP contribution in [0.5, 0.6) is 0 Å². The Morgan fingerprint density at radius 1 is 1.69 bits per heavy atom. The van der Waals surface area contributed by atoms with Crippen molar-refractivity contribution in [2.75, 3.05) is 0 Å². The van der Waals surface area contributed by atoms with Crippen molar-refractivity contribution >= 4 is 5.97 Å². The maximum atomic E-state index is 11.4. The summed E-state index contributed by atoms with van der Waals surface area (Å²) in [5.74, 6) is -0.303. The summed E-state index contributed by atoms with van der Waals surface area (Å²) in [6.07, 6.45) is 3.92. The van der Waals surface area contributed by atoms with Crippen LogP contribution in [0, 0.1) is 0 Å². The summed E-state index contributed by atoms with van der Waals surface area (Å²) in [7, 11) is 0. The molecule has 0 bridgehead atoms. The lowest BCUT2D eigenvalue weighted by atomic mass is 10.3. The van der Waals surface area contributed by atoms with Gasteiger partial charge in [-0.25, -0.2) is 4.79 Å². The van der Waals surface area contributed by atoms with Crippen LogP contribution in [0.1, 0.15) is 30.6 Å². The van der Waals surface area contributed by atoms with Crippen LogP contribution in [0.3, 0.4) is 0 Å². The molecule has 0 aliphatic carbocycles. The van der Waals surface area contributed by atoms with E-state index in [0.717, 1.165) is 6.42 Å². The lowest BCUT2D eigenvalue weighted by Crippen LogP contribution is -2.13. The fraction of sp³-hybridized carbons (Fsp3) is 0.400. The van der Waals surface area contributed by atoms with E-state index in [1.165, 1.54) is 6.20 Å². The standard InChI is InChI=1S/C10H13NO2/c1-3-8(2)13-10(12)9-5-4-6-11-7-9/h4-8H,3H2,1-2H3. The normalized spacial score (nSPS) is 12.2. The first-order valence-corrected chi connectivity index (χ1v) is 4.35. The molecule has 3 nitrogen and oxygen atoms in total. The molecular formula is C10H13NO2. The molecule has 1 unspecified atom stereocenters. The van der Waals surface area contributed by atoms with E-state index in [1.54, 1.807) is 18.3 Å². The fourth-order valence-electron chi connectivity index (χ4n) is 0.818. The van der Waals surface area contributed by atoms with Gasteiger partial charge in [-0.05, 0) is 25.5 Å². The van der Waals surface area contributed by atoms with Crippen LogP contribution < -0.4 is 0 Å². The number of rotatable bonds is 3. The fourth-order valence-corrected chi connectivity index (χ4v) is 0.818. The molecule has 0 fully saturated rings. The molecule has 1 heterocycles. The van der Waals surface area contributed by atoms with Crippen molar-refractivity contribution in [3.05, 3.63) is 30.1 Å². The topological polar surface area (TPSA) is 39.2 Å². The largest absolute Gasteiger partial charge is 0.459 e. The first kappa shape index (κ1) is 9.71. The van der Waals surface area contributed by atoms with Crippen molar-refractivity contribution in [2.45, 2.75) is 26.4 Å². The van der Waals surface area contributed by atoms with Gasteiger partial charge in [0.15, 0.2) is 0 Å². The third-order valence-corrected chi connectivity index (χ3v) is 1.78. The molecule has 0 spiro atoms. The highest BCUT2D eigenvalue weighted by Crippen LogP contribution is 2.03. The molecule has 1 rings (SSSR count). The lowest BCUT2D eigenvalue weighted by Gasteiger charge is -2.09. The zero-order valence-electron chi connectivity index (χ0n) is 7.86. The Kier molecular flexibility index (Phi) is 3.43. The summed E-state index contributed by atoms with van der Waals surface area (Å²) >= 11 is 0. The quantitative estimate of drug-likeness (QED) is 0.666. The summed E-state index contributed by atoms with van der Waals surface area (Å²) < 4.78 is 5.11. The van der Waals surface area contributed by atoms with Crippen LogP contribution in [-0.4, -0.2) is 17.1 Å². The van der Waals surface area contributed by atoms with Gasteiger partial charge in [0, 0.05) is 12.4 Å². The van der Waals surface area contributed by atoms with E-state index in [1.807, 2.05) is 13.8 Å². The Balaban J connectivity index is 2.59. The highest BCUT2D eigenvalue weighted by Gasteiger charge is 2.09. The third kappa shape index (κ3) is 2.86. The van der Waals surface area contributed by atoms with E-state index in [0.29, 0.717) is 5.56 Å². The average molecular weight is 179 g/mol. The second kappa shape index (κ2) is 4.60. The van der Waals surface area contributed by atoms with Crippen molar-refractivity contribution in [3.63, 3.8) is 0 Å². The van der Waals surface area contributed by atoms with Gasteiger partial charge in [-0.2, -0.15) is 0 Å². The lowest BCUT2D eigenvalue weighted by molar-refractivity contribution is 0.0334. The number of carbonyl (C=O) groups excluding carboxylic acids is 1. The predicted molar refractivity (Wildman–Crippen MR) is 49.4 cm³/mol. The second-order valence-electron chi connectivity index (χ2n) is 2.87. The summed E-state index contributed by atoms with van der Waals surface area (Å²) in [5.41, 5.74) is 0.503. The molecule has 0 amide bonds. The molecular weight excluding hydrogens is 166 g/mol. The number of hydrogen-bond donors (Lipinski definition) is 0. The molecule has 0 saturated heterocycles. The summed E-state index contributed by atoms with van der Waals surface area (Å²) in [6, 6.07) is 3.41. The smallest absolute Gasteiger partial charge is 0.339 e. The van der Waals surface area contributed by atoms with Crippen LogP contribution in [0.15, 0.2) is 24.5 Å². The second-order valence-corrected chi connectivity index (χ2v) is 2.87. The molecule has 0 aliphatic rings. The van der Waals surface area contributed by atoms with Crippen molar-refractivity contribution in [1.82, 2.24) is 4.98 Å². The van der Waals surface area contributed by atoms with E-state index in [2.05, 4.69) is 4.98 Å². The number of ether oxygens (including phenoxy) is 1. The average Bonchev–Trinajstić information content (AvgIpc) is 2.19. The molecule has 0 radical (unpaired) electrons. The Bertz CT molecular complexity index is 272. The minimum absolute atomic E-state index is 0.0345. The van der Waals surface area contributed by atoms with Gasteiger partial charge < -0.3 is 4.74 Å². The van der Waals surface area contributed by atoms with E-state index < -0.39 is 0 Å². The summed E-state index contributed by atoms with van der Waals surface area (Å²) in [5, 5.41) is 0. The van der Waals surface area contributed by atoms with Gasteiger partial charge >= 0.3 is 5.97 Å². The molecule has 1 atom stereocenters. The third-order valence-electron chi connectivity index (χ3n) is 1.78. The maximum Gasteiger partial charge on any atom is 0.339 e. The monoisotopic (exact) mass is 179 g/mol. The summed E-state index contributed by atoms with van der Waals surface area (Å²) in [4.78, 5) is 15.2. The van der Waals surface area contributed by atoms with Crippen molar-refractivity contribution in [3.8, 4) is 0 Å². The molecule has 1 aromatic heterocycles.